The van der Waals surface area contributed by atoms with Crippen molar-refractivity contribution in [3.8, 4) is 0 Å². The molecule has 0 spiro atoms. The summed E-state index contributed by atoms with van der Waals surface area (Å²) in [5.74, 6) is -0.908. The Balaban J connectivity index is 3.45. The first-order valence-electron chi connectivity index (χ1n) is 5.34. The molecule has 86 valence electrons. The Morgan fingerprint density at radius 1 is 0.875 bits per heavy atom. The summed E-state index contributed by atoms with van der Waals surface area (Å²) in [5.41, 5.74) is 7.14. The van der Waals surface area contributed by atoms with Crippen LogP contribution >= 0.6 is 0 Å². The lowest BCUT2D eigenvalue weighted by Gasteiger charge is -2.16. The maximum absolute atomic E-state index is 10.5. The number of carbonyl (C=O) groups is 1. The smallest absolute Gasteiger partial charge is 0.328 e. The topological polar surface area (TPSA) is 37.3 Å². The van der Waals surface area contributed by atoms with Gasteiger partial charge >= 0.3 is 5.97 Å². The summed E-state index contributed by atoms with van der Waals surface area (Å²) >= 11 is 0. The van der Waals surface area contributed by atoms with E-state index in [0.29, 0.717) is 0 Å². The predicted molar refractivity (Wildman–Crippen MR) is 66.8 cm³/mol. The van der Waals surface area contributed by atoms with Crippen LogP contribution in [0.2, 0.25) is 0 Å². The van der Waals surface area contributed by atoms with Crippen molar-refractivity contribution >= 4 is 12.0 Å². The number of hydrogen-bond donors (Lipinski definition) is 1. The summed E-state index contributed by atoms with van der Waals surface area (Å²) in [6.45, 7) is 10.3. The summed E-state index contributed by atoms with van der Waals surface area (Å²) in [7, 11) is 0. The van der Waals surface area contributed by atoms with Gasteiger partial charge in [-0.25, -0.2) is 4.79 Å². The normalized spacial score (nSPS) is 11.1. The van der Waals surface area contributed by atoms with Gasteiger partial charge in [0.05, 0.1) is 0 Å². The minimum absolute atomic E-state index is 0.908. The van der Waals surface area contributed by atoms with Gasteiger partial charge in [-0.3, -0.25) is 0 Å². The van der Waals surface area contributed by atoms with E-state index in [9.17, 15) is 4.79 Å². The van der Waals surface area contributed by atoms with Gasteiger partial charge in [-0.1, -0.05) is 0 Å². The van der Waals surface area contributed by atoms with Crippen LogP contribution in [-0.2, 0) is 4.79 Å². The van der Waals surface area contributed by atoms with Crippen LogP contribution < -0.4 is 0 Å². The lowest BCUT2D eigenvalue weighted by Crippen LogP contribution is -1.99. The highest BCUT2D eigenvalue weighted by molar-refractivity contribution is 5.86. The molecule has 0 aromatic heterocycles. The van der Waals surface area contributed by atoms with Crippen molar-refractivity contribution in [1.29, 1.82) is 0 Å². The number of hydrogen-bond acceptors (Lipinski definition) is 1. The molecule has 2 nitrogen and oxygen atoms in total. The maximum atomic E-state index is 10.5. The zero-order valence-corrected chi connectivity index (χ0v) is 10.5. The molecule has 0 aliphatic rings. The molecule has 16 heavy (non-hydrogen) atoms. The summed E-state index contributed by atoms with van der Waals surface area (Å²) in [4.78, 5) is 10.5. The molecule has 0 aliphatic heterocycles. The van der Waals surface area contributed by atoms with Gasteiger partial charge in [0.25, 0.3) is 0 Å². The van der Waals surface area contributed by atoms with E-state index in [4.69, 9.17) is 5.11 Å². The predicted octanol–water partition coefficient (Wildman–Crippen LogP) is 3.33. The fraction of sp³-hybridized carbons (Fsp3) is 0.357. The lowest BCUT2D eigenvalue weighted by atomic mass is 9.89. The molecule has 1 aromatic carbocycles. The molecule has 0 unspecified atom stereocenters. The highest BCUT2D eigenvalue weighted by Crippen LogP contribution is 2.26. The average molecular weight is 218 g/mol. The van der Waals surface area contributed by atoms with Gasteiger partial charge in [-0.05, 0) is 74.1 Å². The van der Waals surface area contributed by atoms with E-state index in [1.54, 1.807) is 6.08 Å². The molecule has 1 N–H and O–H groups in total. The quantitative estimate of drug-likeness (QED) is 0.773. The lowest BCUT2D eigenvalue weighted by molar-refractivity contribution is -0.131. The van der Waals surface area contributed by atoms with E-state index in [-0.39, 0.29) is 0 Å². The number of aliphatic carboxylic acids is 1. The van der Waals surface area contributed by atoms with Gasteiger partial charge in [-0.15, -0.1) is 0 Å². The first-order chi connectivity index (χ1) is 7.36. The molecule has 0 atom stereocenters. The van der Waals surface area contributed by atoms with E-state index < -0.39 is 5.97 Å². The third kappa shape index (κ3) is 2.16. The number of rotatable bonds is 2. The third-order valence-electron chi connectivity index (χ3n) is 3.45. The zero-order chi connectivity index (χ0) is 12.5. The first kappa shape index (κ1) is 12.5. The minimum Gasteiger partial charge on any atom is -0.478 e. The molecule has 1 aromatic rings. The highest BCUT2D eigenvalue weighted by Gasteiger charge is 2.09. The van der Waals surface area contributed by atoms with E-state index in [1.165, 1.54) is 22.8 Å². The Labute approximate surface area is 96.6 Å². The molecule has 0 amide bonds. The zero-order valence-electron chi connectivity index (χ0n) is 10.5. The first-order valence-corrected chi connectivity index (χ1v) is 5.34. The number of carboxylic acid groups (broad SMARTS) is 1. The Morgan fingerprint density at radius 3 is 1.62 bits per heavy atom. The van der Waals surface area contributed by atoms with Crippen LogP contribution in [0.1, 0.15) is 33.4 Å². The van der Waals surface area contributed by atoms with Crippen molar-refractivity contribution in [1.82, 2.24) is 0 Å². The minimum atomic E-state index is -0.908. The molecule has 0 saturated carbocycles. The second-order valence-corrected chi connectivity index (χ2v) is 4.21. The van der Waals surface area contributed by atoms with Gasteiger partial charge in [0.1, 0.15) is 0 Å². The third-order valence-corrected chi connectivity index (χ3v) is 3.45. The molecule has 1 rings (SSSR count). The van der Waals surface area contributed by atoms with Gasteiger partial charge in [-0.2, -0.15) is 0 Å². The van der Waals surface area contributed by atoms with Crippen LogP contribution in [0.15, 0.2) is 6.08 Å². The summed E-state index contributed by atoms with van der Waals surface area (Å²) < 4.78 is 0. The summed E-state index contributed by atoms with van der Waals surface area (Å²) in [5, 5.41) is 8.66. The molecule has 2 heteroatoms. The fourth-order valence-electron chi connectivity index (χ4n) is 1.93. The average Bonchev–Trinajstić information content (AvgIpc) is 2.23. The van der Waals surface area contributed by atoms with Crippen LogP contribution in [0.3, 0.4) is 0 Å². The van der Waals surface area contributed by atoms with Gasteiger partial charge in [0.2, 0.25) is 0 Å². The van der Waals surface area contributed by atoms with Crippen molar-refractivity contribution < 1.29 is 9.90 Å². The molecule has 0 bridgehead atoms. The molecule has 0 heterocycles. The maximum Gasteiger partial charge on any atom is 0.328 e. The Hall–Kier alpha value is -1.57. The molecule has 0 saturated heterocycles. The largest absolute Gasteiger partial charge is 0.478 e. The van der Waals surface area contributed by atoms with Crippen LogP contribution in [-0.4, -0.2) is 11.1 Å². The fourth-order valence-corrected chi connectivity index (χ4v) is 1.93. The van der Waals surface area contributed by atoms with Crippen molar-refractivity contribution in [2.45, 2.75) is 34.6 Å². The van der Waals surface area contributed by atoms with E-state index in [1.807, 2.05) is 13.8 Å². The molecular formula is C14H18O2. The monoisotopic (exact) mass is 218 g/mol. The van der Waals surface area contributed by atoms with Crippen molar-refractivity contribution in [3.05, 3.63) is 39.5 Å². The molecular weight excluding hydrogens is 200 g/mol. The van der Waals surface area contributed by atoms with Crippen LogP contribution in [0.4, 0.5) is 0 Å². The molecule has 0 fully saturated rings. The van der Waals surface area contributed by atoms with Crippen molar-refractivity contribution in [3.63, 3.8) is 0 Å². The Bertz CT molecular complexity index is 439. The van der Waals surface area contributed by atoms with Crippen molar-refractivity contribution in [2.75, 3.05) is 0 Å². The van der Waals surface area contributed by atoms with Crippen LogP contribution in [0.25, 0.3) is 6.08 Å². The Morgan fingerprint density at radius 2 is 1.25 bits per heavy atom. The molecule has 0 radical (unpaired) electrons. The van der Waals surface area contributed by atoms with Crippen LogP contribution in [0.5, 0.6) is 0 Å². The van der Waals surface area contributed by atoms with Gasteiger partial charge < -0.3 is 5.11 Å². The summed E-state index contributed by atoms with van der Waals surface area (Å²) in [6, 6.07) is 0. The Kier molecular flexibility index (Phi) is 3.53. The van der Waals surface area contributed by atoms with Gasteiger partial charge in [0.15, 0.2) is 0 Å². The van der Waals surface area contributed by atoms with Crippen molar-refractivity contribution in [2.24, 2.45) is 0 Å². The van der Waals surface area contributed by atoms with E-state index in [0.717, 1.165) is 16.7 Å². The number of benzene rings is 1. The van der Waals surface area contributed by atoms with Crippen LogP contribution in [0, 0.1) is 34.6 Å². The second kappa shape index (κ2) is 4.52. The standard InChI is InChI=1S/C14H18O2/c1-8-9(2)11(4)13(6-7-14(15)16)12(5)10(8)3/h6-7H,1-5H3,(H,15,16). The van der Waals surface area contributed by atoms with E-state index >= 15 is 0 Å². The second-order valence-electron chi connectivity index (χ2n) is 4.21. The SMILES string of the molecule is Cc1c(C)c(C)c(C=CC(=O)O)c(C)c1C. The summed E-state index contributed by atoms with van der Waals surface area (Å²) in [6.07, 6.45) is 2.88. The number of carboxylic acids is 1. The highest BCUT2D eigenvalue weighted by atomic mass is 16.4. The molecule has 0 aliphatic carbocycles. The van der Waals surface area contributed by atoms with Gasteiger partial charge in [0, 0.05) is 6.08 Å². The van der Waals surface area contributed by atoms with E-state index in [2.05, 4.69) is 20.8 Å².